The van der Waals surface area contributed by atoms with Gasteiger partial charge >= 0.3 is 0 Å². The molecule has 0 aliphatic carbocycles. The Labute approximate surface area is 224 Å². The van der Waals surface area contributed by atoms with E-state index in [2.05, 4.69) is 47.0 Å². The zero-order valence-electron chi connectivity index (χ0n) is 20.3. The molecular weight excluding hydrogens is 488 g/mol. The van der Waals surface area contributed by atoms with Crippen LogP contribution < -0.4 is 0 Å². The van der Waals surface area contributed by atoms with E-state index >= 15 is 0 Å². The predicted octanol–water partition coefficient (Wildman–Crippen LogP) is 8.62. The van der Waals surface area contributed by atoms with Gasteiger partial charge in [-0.3, -0.25) is 4.57 Å². The van der Waals surface area contributed by atoms with E-state index in [4.69, 9.17) is 26.6 Å². The van der Waals surface area contributed by atoms with Crippen LogP contribution in [0.15, 0.2) is 127 Å². The molecule has 38 heavy (non-hydrogen) atoms. The van der Waals surface area contributed by atoms with Gasteiger partial charge in [0.05, 0.1) is 11.0 Å². The van der Waals surface area contributed by atoms with Crippen molar-refractivity contribution in [3.63, 3.8) is 0 Å². The minimum Gasteiger partial charge on any atom is -0.278 e. The number of para-hydroxylation sites is 1. The van der Waals surface area contributed by atoms with Crippen LogP contribution in [0.4, 0.5) is 0 Å². The van der Waals surface area contributed by atoms with Crippen LogP contribution in [0.1, 0.15) is 0 Å². The summed E-state index contributed by atoms with van der Waals surface area (Å²) in [5.74, 6) is 1.85. The normalized spacial score (nSPS) is 11.3. The van der Waals surface area contributed by atoms with Crippen LogP contribution in [0.5, 0.6) is 0 Å². The van der Waals surface area contributed by atoms with Crippen molar-refractivity contribution in [2.24, 2.45) is 0 Å². The van der Waals surface area contributed by atoms with Gasteiger partial charge in [-0.2, -0.15) is 9.97 Å². The van der Waals surface area contributed by atoms with Gasteiger partial charge in [-0.15, -0.1) is 0 Å². The summed E-state index contributed by atoms with van der Waals surface area (Å²) in [5, 5.41) is 2.98. The number of aromatic nitrogens is 4. The Hall–Kier alpha value is -4.80. The maximum atomic E-state index is 6.30. The summed E-state index contributed by atoms with van der Waals surface area (Å²) in [5.41, 5.74) is 6.13. The molecule has 7 aromatic rings. The van der Waals surface area contributed by atoms with E-state index in [1.54, 1.807) is 0 Å². The molecule has 4 nitrogen and oxygen atoms in total. The SMILES string of the molecule is Clc1cccc(-c2ccc3c(c2)c2ccccc2n3-c2nc(-c3ccccc3)nc(-c3ccccc3)n2)c1. The van der Waals surface area contributed by atoms with Gasteiger partial charge in [-0.25, -0.2) is 4.98 Å². The number of hydrogen-bond donors (Lipinski definition) is 0. The van der Waals surface area contributed by atoms with Gasteiger partial charge in [0, 0.05) is 26.9 Å². The summed E-state index contributed by atoms with van der Waals surface area (Å²) >= 11 is 6.30. The fraction of sp³-hybridized carbons (Fsp3) is 0. The van der Waals surface area contributed by atoms with Crippen molar-refractivity contribution in [3.8, 4) is 39.9 Å². The number of fused-ring (bicyclic) bond motifs is 3. The molecule has 5 heteroatoms. The van der Waals surface area contributed by atoms with E-state index in [1.165, 1.54) is 0 Å². The first-order valence-electron chi connectivity index (χ1n) is 12.4. The smallest absolute Gasteiger partial charge is 0.238 e. The molecule has 0 aliphatic heterocycles. The van der Waals surface area contributed by atoms with Crippen LogP contribution in [0.3, 0.4) is 0 Å². The summed E-state index contributed by atoms with van der Waals surface area (Å²) < 4.78 is 2.13. The summed E-state index contributed by atoms with van der Waals surface area (Å²) in [7, 11) is 0. The third-order valence-electron chi connectivity index (χ3n) is 6.72. The number of benzene rings is 5. The lowest BCUT2D eigenvalue weighted by molar-refractivity contribution is 0.953. The van der Waals surface area contributed by atoms with Gasteiger partial charge in [-0.1, -0.05) is 109 Å². The molecule has 0 amide bonds. The summed E-state index contributed by atoms with van der Waals surface area (Å²) in [6, 6.07) is 42.9. The molecule has 0 N–H and O–H groups in total. The molecule has 0 unspecified atom stereocenters. The van der Waals surface area contributed by atoms with Crippen LogP contribution in [-0.4, -0.2) is 19.5 Å². The molecule has 0 saturated carbocycles. The lowest BCUT2D eigenvalue weighted by Crippen LogP contribution is -2.06. The Morgan fingerprint density at radius 1 is 0.447 bits per heavy atom. The molecule has 7 rings (SSSR count). The van der Waals surface area contributed by atoms with E-state index in [0.29, 0.717) is 17.6 Å². The maximum absolute atomic E-state index is 6.30. The second kappa shape index (κ2) is 9.25. The predicted molar refractivity (Wildman–Crippen MR) is 155 cm³/mol. The van der Waals surface area contributed by atoms with Gasteiger partial charge < -0.3 is 0 Å². The Bertz CT molecular complexity index is 1870. The Balaban J connectivity index is 1.51. The highest BCUT2D eigenvalue weighted by Gasteiger charge is 2.18. The van der Waals surface area contributed by atoms with Gasteiger partial charge in [0.25, 0.3) is 0 Å². The standard InChI is InChI=1S/C33H21ClN4/c34-26-15-9-14-24(20-26)25-18-19-30-28(21-25)27-16-7-8-17-29(27)38(30)33-36-31(22-10-3-1-4-11-22)35-32(37-33)23-12-5-2-6-13-23/h1-21H. The van der Waals surface area contributed by atoms with Crippen molar-refractivity contribution in [3.05, 3.63) is 132 Å². The summed E-state index contributed by atoms with van der Waals surface area (Å²) in [6.07, 6.45) is 0. The van der Waals surface area contributed by atoms with Crippen molar-refractivity contribution in [1.29, 1.82) is 0 Å². The molecular formula is C33H21ClN4. The van der Waals surface area contributed by atoms with Crippen LogP contribution >= 0.6 is 11.6 Å². The van der Waals surface area contributed by atoms with Crippen LogP contribution in [-0.2, 0) is 0 Å². The Kier molecular flexibility index (Phi) is 5.46. The molecule has 0 spiro atoms. The molecule has 180 valence electrons. The van der Waals surface area contributed by atoms with Gasteiger partial charge in [0.1, 0.15) is 0 Å². The highest BCUT2D eigenvalue weighted by Crippen LogP contribution is 2.35. The molecule has 0 radical (unpaired) electrons. The average Bonchev–Trinajstić information content (AvgIpc) is 3.32. The zero-order valence-corrected chi connectivity index (χ0v) is 21.0. The largest absolute Gasteiger partial charge is 0.278 e. The molecule has 0 atom stereocenters. The van der Waals surface area contributed by atoms with Gasteiger partial charge in [0.2, 0.25) is 5.95 Å². The number of hydrogen-bond acceptors (Lipinski definition) is 3. The molecule has 2 heterocycles. The van der Waals surface area contributed by atoms with Crippen molar-refractivity contribution in [2.45, 2.75) is 0 Å². The van der Waals surface area contributed by atoms with E-state index in [1.807, 2.05) is 84.9 Å². The number of rotatable bonds is 4. The van der Waals surface area contributed by atoms with Crippen molar-refractivity contribution in [1.82, 2.24) is 19.5 Å². The van der Waals surface area contributed by atoms with Crippen molar-refractivity contribution in [2.75, 3.05) is 0 Å². The number of halogens is 1. The van der Waals surface area contributed by atoms with E-state index in [9.17, 15) is 0 Å². The quantitative estimate of drug-likeness (QED) is 0.239. The topological polar surface area (TPSA) is 43.6 Å². The zero-order chi connectivity index (χ0) is 25.5. The maximum Gasteiger partial charge on any atom is 0.238 e. The summed E-state index contributed by atoms with van der Waals surface area (Å²) in [4.78, 5) is 14.8. The highest BCUT2D eigenvalue weighted by atomic mass is 35.5. The Morgan fingerprint density at radius 2 is 1.03 bits per heavy atom. The first kappa shape index (κ1) is 22.4. The first-order chi connectivity index (χ1) is 18.7. The highest BCUT2D eigenvalue weighted by molar-refractivity contribution is 6.30. The number of nitrogens with zero attached hydrogens (tertiary/aromatic N) is 4. The average molecular weight is 509 g/mol. The second-order valence-electron chi connectivity index (χ2n) is 9.11. The lowest BCUT2D eigenvalue weighted by Gasteiger charge is -2.11. The fourth-order valence-corrected chi connectivity index (χ4v) is 5.12. The fourth-order valence-electron chi connectivity index (χ4n) is 4.93. The van der Waals surface area contributed by atoms with Crippen LogP contribution in [0.2, 0.25) is 5.02 Å². The monoisotopic (exact) mass is 508 g/mol. The minimum absolute atomic E-state index is 0.583. The second-order valence-corrected chi connectivity index (χ2v) is 9.55. The summed E-state index contributed by atoms with van der Waals surface area (Å²) in [6.45, 7) is 0. The molecule has 2 aromatic heterocycles. The lowest BCUT2D eigenvalue weighted by atomic mass is 10.0. The first-order valence-corrected chi connectivity index (χ1v) is 12.8. The molecule has 0 fully saturated rings. The third-order valence-corrected chi connectivity index (χ3v) is 6.95. The van der Waals surface area contributed by atoms with Gasteiger partial charge in [-0.05, 0) is 41.5 Å². The minimum atomic E-state index is 0.583. The van der Waals surface area contributed by atoms with E-state index in [0.717, 1.165) is 49.1 Å². The molecule has 0 saturated heterocycles. The van der Waals surface area contributed by atoms with Crippen LogP contribution in [0, 0.1) is 0 Å². The molecule has 0 bridgehead atoms. The van der Waals surface area contributed by atoms with Crippen molar-refractivity contribution < 1.29 is 0 Å². The Morgan fingerprint density at radius 3 is 1.71 bits per heavy atom. The van der Waals surface area contributed by atoms with Crippen LogP contribution in [0.25, 0.3) is 61.7 Å². The van der Waals surface area contributed by atoms with E-state index < -0.39 is 0 Å². The third kappa shape index (κ3) is 3.92. The molecule has 5 aromatic carbocycles. The van der Waals surface area contributed by atoms with Gasteiger partial charge in [0.15, 0.2) is 11.6 Å². The van der Waals surface area contributed by atoms with E-state index in [-0.39, 0.29) is 0 Å². The molecule has 0 aliphatic rings. The van der Waals surface area contributed by atoms with Crippen molar-refractivity contribution >= 4 is 33.4 Å².